The highest BCUT2D eigenvalue weighted by molar-refractivity contribution is 5.98. The average molecular weight is 358 g/mol. The smallest absolute Gasteiger partial charge is 0.229 e. The van der Waals surface area contributed by atoms with Crippen molar-refractivity contribution in [3.8, 4) is 0 Å². The van der Waals surface area contributed by atoms with Crippen LogP contribution in [0.3, 0.4) is 0 Å². The lowest BCUT2D eigenvalue weighted by Gasteiger charge is -2.17. The van der Waals surface area contributed by atoms with Crippen molar-refractivity contribution in [2.75, 3.05) is 11.9 Å². The van der Waals surface area contributed by atoms with Gasteiger partial charge in [0.25, 0.3) is 0 Å². The number of carbonyl (C=O) groups excluding carboxylic acids is 2. The van der Waals surface area contributed by atoms with E-state index >= 15 is 0 Å². The van der Waals surface area contributed by atoms with Crippen molar-refractivity contribution in [2.24, 2.45) is 5.92 Å². The molecule has 3 aromatic rings. The summed E-state index contributed by atoms with van der Waals surface area (Å²) in [5, 5.41) is 5.19. The molecule has 0 aliphatic carbocycles. The molecule has 2 amide bonds. The van der Waals surface area contributed by atoms with Crippen molar-refractivity contribution < 1.29 is 9.59 Å². The van der Waals surface area contributed by atoms with Crippen LogP contribution in [0, 0.1) is 12.8 Å². The minimum absolute atomic E-state index is 0.0363. The van der Waals surface area contributed by atoms with E-state index in [0.29, 0.717) is 13.1 Å². The van der Waals surface area contributed by atoms with Crippen molar-refractivity contribution in [3.05, 3.63) is 77.9 Å². The van der Waals surface area contributed by atoms with E-state index in [0.717, 1.165) is 22.0 Å². The second kappa shape index (κ2) is 7.23. The van der Waals surface area contributed by atoms with Gasteiger partial charge in [0.1, 0.15) is 0 Å². The molecule has 1 saturated heterocycles. The number of nitrogens with one attached hydrogen (secondary N) is 1. The summed E-state index contributed by atoms with van der Waals surface area (Å²) < 4.78 is 0. The Morgan fingerprint density at radius 2 is 1.78 bits per heavy atom. The first-order valence-electron chi connectivity index (χ1n) is 9.21. The second-order valence-corrected chi connectivity index (χ2v) is 7.21. The van der Waals surface area contributed by atoms with Crippen LogP contribution >= 0.6 is 0 Å². The summed E-state index contributed by atoms with van der Waals surface area (Å²) in [5.41, 5.74) is 3.05. The quantitative estimate of drug-likeness (QED) is 0.762. The summed E-state index contributed by atoms with van der Waals surface area (Å²) >= 11 is 0. The molecule has 4 nitrogen and oxygen atoms in total. The molecular formula is C23H22N2O2. The van der Waals surface area contributed by atoms with Gasteiger partial charge in [-0.2, -0.15) is 0 Å². The predicted octanol–water partition coefficient (Wildman–Crippen LogP) is 4.14. The summed E-state index contributed by atoms with van der Waals surface area (Å²) in [6.07, 6.45) is 0.269. The van der Waals surface area contributed by atoms with Gasteiger partial charge < -0.3 is 10.2 Å². The van der Waals surface area contributed by atoms with Crippen molar-refractivity contribution in [1.82, 2.24) is 4.90 Å². The Morgan fingerprint density at radius 1 is 1.04 bits per heavy atom. The lowest BCUT2D eigenvalue weighted by atomic mass is 10.1. The highest BCUT2D eigenvalue weighted by Gasteiger charge is 2.34. The standard InChI is InChI=1S/C23H22N2O2/c1-16-6-8-17(9-7-16)14-25-15-20(13-22(25)26)23(27)24-21-11-10-18-4-2-3-5-19(18)12-21/h2-12,20H,13-15H2,1H3,(H,24,27). The molecule has 0 spiro atoms. The Hall–Kier alpha value is -3.14. The molecule has 4 heteroatoms. The van der Waals surface area contributed by atoms with Gasteiger partial charge in [-0.05, 0) is 35.4 Å². The Balaban J connectivity index is 1.41. The monoisotopic (exact) mass is 358 g/mol. The van der Waals surface area contributed by atoms with Crippen molar-refractivity contribution in [3.63, 3.8) is 0 Å². The first-order valence-corrected chi connectivity index (χ1v) is 9.21. The molecule has 1 N–H and O–H groups in total. The Morgan fingerprint density at radius 3 is 2.56 bits per heavy atom. The summed E-state index contributed by atoms with van der Waals surface area (Å²) in [5.74, 6) is -0.367. The molecular weight excluding hydrogens is 336 g/mol. The van der Waals surface area contributed by atoms with E-state index < -0.39 is 0 Å². The number of likely N-dealkylation sites (tertiary alicyclic amines) is 1. The van der Waals surface area contributed by atoms with Crippen LogP contribution in [0.25, 0.3) is 10.8 Å². The van der Waals surface area contributed by atoms with Gasteiger partial charge in [0.15, 0.2) is 0 Å². The fourth-order valence-electron chi connectivity index (χ4n) is 3.53. The van der Waals surface area contributed by atoms with Crippen LogP contribution in [0.15, 0.2) is 66.7 Å². The molecule has 4 rings (SSSR count). The highest BCUT2D eigenvalue weighted by Crippen LogP contribution is 2.24. The molecule has 1 aliphatic heterocycles. The van der Waals surface area contributed by atoms with Gasteiger partial charge in [-0.15, -0.1) is 0 Å². The fourth-order valence-corrected chi connectivity index (χ4v) is 3.53. The fraction of sp³-hybridized carbons (Fsp3) is 0.217. The maximum absolute atomic E-state index is 12.6. The first kappa shape index (κ1) is 17.3. The van der Waals surface area contributed by atoms with Gasteiger partial charge in [-0.25, -0.2) is 0 Å². The number of fused-ring (bicyclic) bond motifs is 1. The average Bonchev–Trinajstić information content (AvgIpc) is 3.04. The molecule has 0 saturated carbocycles. The molecule has 1 heterocycles. The number of hydrogen-bond acceptors (Lipinski definition) is 2. The maximum Gasteiger partial charge on any atom is 0.229 e. The van der Waals surface area contributed by atoms with E-state index in [1.165, 1.54) is 5.56 Å². The third-order valence-corrected chi connectivity index (χ3v) is 5.10. The molecule has 1 atom stereocenters. The zero-order valence-corrected chi connectivity index (χ0v) is 15.3. The van der Waals surface area contributed by atoms with Crippen LogP contribution in [-0.2, 0) is 16.1 Å². The second-order valence-electron chi connectivity index (χ2n) is 7.21. The zero-order chi connectivity index (χ0) is 18.8. The Bertz CT molecular complexity index is 995. The molecule has 0 radical (unpaired) electrons. The van der Waals surface area contributed by atoms with Crippen LogP contribution in [0.5, 0.6) is 0 Å². The number of carbonyl (C=O) groups is 2. The van der Waals surface area contributed by atoms with E-state index in [2.05, 4.69) is 5.32 Å². The number of aryl methyl sites for hydroxylation is 1. The van der Waals surface area contributed by atoms with Crippen LogP contribution in [0.4, 0.5) is 5.69 Å². The summed E-state index contributed by atoms with van der Waals surface area (Å²) in [6, 6.07) is 22.0. The van der Waals surface area contributed by atoms with Crippen molar-refractivity contribution >= 4 is 28.3 Å². The summed E-state index contributed by atoms with van der Waals surface area (Å²) in [6.45, 7) is 3.06. The maximum atomic E-state index is 12.6. The van der Waals surface area contributed by atoms with Crippen LogP contribution < -0.4 is 5.32 Å². The largest absolute Gasteiger partial charge is 0.338 e. The number of benzene rings is 3. The van der Waals surface area contributed by atoms with Crippen LogP contribution in [0.2, 0.25) is 0 Å². The van der Waals surface area contributed by atoms with Gasteiger partial charge in [0.2, 0.25) is 11.8 Å². The van der Waals surface area contributed by atoms with Crippen LogP contribution in [0.1, 0.15) is 17.5 Å². The minimum atomic E-state index is -0.311. The molecule has 1 fully saturated rings. The Kier molecular flexibility index (Phi) is 4.63. The predicted molar refractivity (Wildman–Crippen MR) is 107 cm³/mol. The summed E-state index contributed by atoms with van der Waals surface area (Å²) in [4.78, 5) is 26.8. The highest BCUT2D eigenvalue weighted by atomic mass is 16.2. The van der Waals surface area contributed by atoms with E-state index in [1.807, 2.05) is 73.7 Å². The zero-order valence-electron chi connectivity index (χ0n) is 15.3. The number of hydrogen-bond donors (Lipinski definition) is 1. The van der Waals surface area contributed by atoms with Gasteiger partial charge >= 0.3 is 0 Å². The Labute approximate surface area is 158 Å². The number of nitrogens with zero attached hydrogens (tertiary/aromatic N) is 1. The molecule has 1 aliphatic rings. The number of anilines is 1. The lowest BCUT2D eigenvalue weighted by Crippen LogP contribution is -2.28. The molecule has 136 valence electrons. The van der Waals surface area contributed by atoms with Gasteiger partial charge in [-0.3, -0.25) is 9.59 Å². The van der Waals surface area contributed by atoms with Crippen molar-refractivity contribution in [1.29, 1.82) is 0 Å². The van der Waals surface area contributed by atoms with Crippen molar-refractivity contribution in [2.45, 2.75) is 19.9 Å². The summed E-state index contributed by atoms with van der Waals surface area (Å²) in [7, 11) is 0. The van der Waals surface area contributed by atoms with E-state index in [-0.39, 0.29) is 24.2 Å². The van der Waals surface area contributed by atoms with E-state index in [4.69, 9.17) is 0 Å². The third kappa shape index (κ3) is 3.85. The first-order chi connectivity index (χ1) is 13.1. The minimum Gasteiger partial charge on any atom is -0.338 e. The van der Waals surface area contributed by atoms with E-state index in [9.17, 15) is 9.59 Å². The topological polar surface area (TPSA) is 49.4 Å². The molecule has 3 aromatic carbocycles. The van der Waals surface area contributed by atoms with Crippen LogP contribution in [-0.4, -0.2) is 23.3 Å². The molecule has 0 bridgehead atoms. The van der Waals surface area contributed by atoms with Gasteiger partial charge in [-0.1, -0.05) is 60.2 Å². The molecule has 27 heavy (non-hydrogen) atoms. The SMILES string of the molecule is Cc1ccc(CN2CC(C(=O)Nc3ccc4ccccc4c3)CC2=O)cc1. The van der Waals surface area contributed by atoms with Gasteiger partial charge in [0, 0.05) is 25.2 Å². The molecule has 1 unspecified atom stereocenters. The number of amides is 2. The molecule has 0 aromatic heterocycles. The van der Waals surface area contributed by atoms with Gasteiger partial charge in [0.05, 0.1) is 5.92 Å². The third-order valence-electron chi connectivity index (χ3n) is 5.10. The normalized spacial score (nSPS) is 16.7. The number of rotatable bonds is 4. The lowest BCUT2D eigenvalue weighted by molar-refractivity contribution is -0.128. The van der Waals surface area contributed by atoms with E-state index in [1.54, 1.807) is 4.90 Å².